The van der Waals surface area contributed by atoms with Crippen molar-refractivity contribution in [1.82, 2.24) is 24.9 Å². The summed E-state index contributed by atoms with van der Waals surface area (Å²) in [6, 6.07) is 12.0. The van der Waals surface area contributed by atoms with E-state index in [1.54, 1.807) is 15.6 Å². The van der Waals surface area contributed by atoms with E-state index >= 15 is 0 Å². The Morgan fingerprint density at radius 3 is 2.70 bits per heavy atom. The zero-order chi connectivity index (χ0) is 21.1. The fraction of sp³-hybridized carbons (Fsp3) is 0.333. The maximum absolute atomic E-state index is 13.6. The fourth-order valence-electron chi connectivity index (χ4n) is 3.36. The van der Waals surface area contributed by atoms with Crippen molar-refractivity contribution in [3.63, 3.8) is 0 Å². The molecule has 0 saturated heterocycles. The number of nitrogens with zero attached hydrogens (tertiary/aromatic N) is 6. The molecule has 0 radical (unpaired) electrons. The minimum absolute atomic E-state index is 0.0586. The predicted octanol–water partition coefficient (Wildman–Crippen LogP) is 3.56. The van der Waals surface area contributed by atoms with Crippen molar-refractivity contribution in [1.29, 1.82) is 0 Å². The summed E-state index contributed by atoms with van der Waals surface area (Å²) in [7, 11) is 0. The average molecular weight is 427 g/mol. The molecule has 0 unspecified atom stereocenters. The number of hydrogen-bond acceptors (Lipinski definition) is 6. The van der Waals surface area contributed by atoms with Gasteiger partial charge in [-0.15, -0.1) is 5.10 Å². The third kappa shape index (κ3) is 4.17. The molecule has 0 bridgehead atoms. The minimum Gasteiger partial charge on any atom is -0.302 e. The van der Waals surface area contributed by atoms with Crippen LogP contribution in [0.25, 0.3) is 21.3 Å². The lowest BCUT2D eigenvalue weighted by Gasteiger charge is -2.24. The third-order valence-corrected chi connectivity index (χ3v) is 6.15. The van der Waals surface area contributed by atoms with Crippen LogP contribution in [0.3, 0.4) is 0 Å². The molecule has 2 aromatic carbocycles. The zero-order valence-corrected chi connectivity index (χ0v) is 17.8. The van der Waals surface area contributed by atoms with Gasteiger partial charge >= 0.3 is 0 Å². The highest BCUT2D eigenvalue weighted by molar-refractivity contribution is 7.22. The largest absolute Gasteiger partial charge is 0.302 e. The maximum atomic E-state index is 13.6. The first-order chi connectivity index (χ1) is 14.6. The SMILES string of the molecule is CCN(CC)CCN(C(=O)Cn1nnc2ccccc21)c1nc2ccc(F)cc2s1. The van der Waals surface area contributed by atoms with Gasteiger partial charge in [-0.2, -0.15) is 0 Å². The normalized spacial score (nSPS) is 11.6. The Labute approximate surface area is 177 Å². The first kappa shape index (κ1) is 20.4. The molecule has 156 valence electrons. The van der Waals surface area contributed by atoms with E-state index < -0.39 is 0 Å². The van der Waals surface area contributed by atoms with Crippen LogP contribution in [0, 0.1) is 5.82 Å². The summed E-state index contributed by atoms with van der Waals surface area (Å²) >= 11 is 1.32. The van der Waals surface area contributed by atoms with E-state index in [2.05, 4.69) is 34.0 Å². The highest BCUT2D eigenvalue weighted by Gasteiger charge is 2.22. The van der Waals surface area contributed by atoms with Crippen molar-refractivity contribution in [3.05, 3.63) is 48.3 Å². The molecule has 1 amide bonds. The van der Waals surface area contributed by atoms with Gasteiger partial charge in [-0.05, 0) is 43.4 Å². The number of fused-ring (bicyclic) bond motifs is 2. The van der Waals surface area contributed by atoms with Crippen LogP contribution in [0.5, 0.6) is 0 Å². The highest BCUT2D eigenvalue weighted by Crippen LogP contribution is 2.29. The summed E-state index contributed by atoms with van der Waals surface area (Å²) in [5, 5.41) is 8.83. The van der Waals surface area contributed by atoms with Gasteiger partial charge in [0.05, 0.1) is 15.7 Å². The van der Waals surface area contributed by atoms with Crippen LogP contribution in [0.2, 0.25) is 0 Å². The molecule has 0 N–H and O–H groups in total. The number of anilines is 1. The van der Waals surface area contributed by atoms with Crippen molar-refractivity contribution >= 4 is 43.6 Å². The molecule has 0 aliphatic rings. The third-order valence-electron chi connectivity index (χ3n) is 5.11. The molecule has 0 spiro atoms. The number of amides is 1. The summed E-state index contributed by atoms with van der Waals surface area (Å²) in [6.45, 7) is 7.27. The monoisotopic (exact) mass is 426 g/mol. The maximum Gasteiger partial charge on any atom is 0.250 e. The van der Waals surface area contributed by atoms with Crippen molar-refractivity contribution in [3.8, 4) is 0 Å². The van der Waals surface area contributed by atoms with Crippen molar-refractivity contribution in [2.24, 2.45) is 0 Å². The molecular weight excluding hydrogens is 403 g/mol. The second-order valence-electron chi connectivity index (χ2n) is 6.92. The Bertz CT molecular complexity index is 1170. The summed E-state index contributed by atoms with van der Waals surface area (Å²) in [4.78, 5) is 21.8. The van der Waals surface area contributed by atoms with Gasteiger partial charge in [0.1, 0.15) is 17.9 Å². The first-order valence-electron chi connectivity index (χ1n) is 9.96. The number of carbonyl (C=O) groups is 1. The van der Waals surface area contributed by atoms with E-state index in [9.17, 15) is 9.18 Å². The minimum atomic E-state index is -0.312. The lowest BCUT2D eigenvalue weighted by molar-refractivity contribution is -0.119. The predicted molar refractivity (Wildman–Crippen MR) is 117 cm³/mol. The van der Waals surface area contributed by atoms with Crippen LogP contribution in [0.15, 0.2) is 42.5 Å². The quantitative estimate of drug-likeness (QED) is 0.431. The zero-order valence-electron chi connectivity index (χ0n) is 17.0. The molecule has 0 saturated carbocycles. The molecule has 2 heterocycles. The molecule has 4 rings (SSSR count). The van der Waals surface area contributed by atoms with Crippen LogP contribution in [-0.2, 0) is 11.3 Å². The second-order valence-corrected chi connectivity index (χ2v) is 7.93. The molecule has 30 heavy (non-hydrogen) atoms. The standard InChI is InChI=1S/C21H23FN6OS/c1-3-26(4-2)11-12-27(21-23-17-10-9-15(22)13-19(17)30-21)20(29)14-28-18-8-6-5-7-16(18)24-25-28/h5-10,13H,3-4,11-12,14H2,1-2H3. The van der Waals surface area contributed by atoms with E-state index in [0.29, 0.717) is 17.2 Å². The number of thiazole rings is 1. The first-order valence-corrected chi connectivity index (χ1v) is 10.8. The molecule has 0 aliphatic heterocycles. The molecule has 2 aromatic heterocycles. The van der Waals surface area contributed by atoms with Gasteiger partial charge in [-0.25, -0.2) is 14.1 Å². The molecule has 9 heteroatoms. The van der Waals surface area contributed by atoms with E-state index in [1.807, 2.05) is 24.3 Å². The average Bonchev–Trinajstić information content (AvgIpc) is 3.35. The van der Waals surface area contributed by atoms with Crippen molar-refractivity contribution < 1.29 is 9.18 Å². The van der Waals surface area contributed by atoms with E-state index in [0.717, 1.165) is 35.4 Å². The Morgan fingerprint density at radius 2 is 1.90 bits per heavy atom. The number of carbonyl (C=O) groups excluding carboxylic acids is 1. The van der Waals surface area contributed by atoms with Crippen molar-refractivity contribution in [2.75, 3.05) is 31.1 Å². The molecule has 7 nitrogen and oxygen atoms in total. The van der Waals surface area contributed by atoms with Crippen molar-refractivity contribution in [2.45, 2.75) is 20.4 Å². The lowest BCUT2D eigenvalue weighted by Crippen LogP contribution is -2.40. The van der Waals surface area contributed by atoms with Crippen LogP contribution in [-0.4, -0.2) is 57.0 Å². The van der Waals surface area contributed by atoms with Crippen LogP contribution in [0.4, 0.5) is 9.52 Å². The van der Waals surface area contributed by atoms with Crippen LogP contribution in [0.1, 0.15) is 13.8 Å². The van der Waals surface area contributed by atoms with Crippen LogP contribution < -0.4 is 4.90 Å². The number of rotatable bonds is 8. The van der Waals surface area contributed by atoms with Gasteiger partial charge in [0.2, 0.25) is 0 Å². The lowest BCUT2D eigenvalue weighted by atomic mass is 10.3. The molecule has 0 fully saturated rings. The van der Waals surface area contributed by atoms with Gasteiger partial charge in [0.15, 0.2) is 5.13 Å². The van der Waals surface area contributed by atoms with E-state index in [-0.39, 0.29) is 18.3 Å². The van der Waals surface area contributed by atoms with Gasteiger partial charge in [-0.3, -0.25) is 9.69 Å². The Hall–Kier alpha value is -2.91. The van der Waals surface area contributed by atoms with E-state index in [1.165, 1.54) is 23.5 Å². The Kier molecular flexibility index (Phi) is 6.01. The van der Waals surface area contributed by atoms with Crippen LogP contribution >= 0.6 is 11.3 Å². The number of hydrogen-bond donors (Lipinski definition) is 0. The number of halogens is 1. The number of likely N-dealkylation sites (N-methyl/N-ethyl adjacent to an activating group) is 1. The Morgan fingerprint density at radius 1 is 1.10 bits per heavy atom. The second kappa shape index (κ2) is 8.85. The summed E-state index contributed by atoms with van der Waals surface area (Å²) in [5.74, 6) is -0.440. The fourth-order valence-corrected chi connectivity index (χ4v) is 4.39. The van der Waals surface area contributed by atoms with Gasteiger partial charge in [0, 0.05) is 13.1 Å². The number of aromatic nitrogens is 4. The summed E-state index contributed by atoms with van der Waals surface area (Å²) in [6.07, 6.45) is 0. The molecule has 0 aliphatic carbocycles. The summed E-state index contributed by atoms with van der Waals surface area (Å²) < 4.78 is 16.0. The molecule has 0 atom stereocenters. The van der Waals surface area contributed by atoms with E-state index in [4.69, 9.17) is 0 Å². The van der Waals surface area contributed by atoms with Gasteiger partial charge < -0.3 is 4.90 Å². The highest BCUT2D eigenvalue weighted by atomic mass is 32.1. The molecular formula is C21H23FN6OS. The number of benzene rings is 2. The Balaban J connectivity index is 1.63. The smallest absolute Gasteiger partial charge is 0.250 e. The summed E-state index contributed by atoms with van der Waals surface area (Å²) in [5.41, 5.74) is 2.24. The number of para-hydroxylation sites is 1. The van der Waals surface area contributed by atoms with Gasteiger partial charge in [0.25, 0.3) is 5.91 Å². The topological polar surface area (TPSA) is 67.2 Å². The van der Waals surface area contributed by atoms with Gasteiger partial charge in [-0.1, -0.05) is 42.5 Å². The molecule has 4 aromatic rings.